The lowest BCUT2D eigenvalue weighted by molar-refractivity contribution is -0.122. The molecule has 0 spiro atoms. The van der Waals surface area contributed by atoms with Crippen LogP contribution in [-0.2, 0) is 11.2 Å². The van der Waals surface area contributed by atoms with Gasteiger partial charge in [0, 0.05) is 12.8 Å². The third-order valence-corrected chi connectivity index (χ3v) is 4.33. The van der Waals surface area contributed by atoms with Crippen LogP contribution in [0.5, 0.6) is 5.75 Å². The number of hydrogen-bond donors (Lipinski definition) is 0. The van der Waals surface area contributed by atoms with Crippen LogP contribution in [0.3, 0.4) is 0 Å². The fourth-order valence-corrected chi connectivity index (χ4v) is 3.43. The Balaban J connectivity index is 1.94. The molecule has 2 aliphatic carbocycles. The summed E-state index contributed by atoms with van der Waals surface area (Å²) in [4.78, 5) is 11.5. The number of ether oxygens (including phenoxy) is 1. The highest BCUT2D eigenvalue weighted by Crippen LogP contribution is 2.44. The number of aryl methyl sites for hydroxylation is 1. The number of benzene rings is 1. The highest BCUT2D eigenvalue weighted by molar-refractivity contribution is 5.79. The van der Waals surface area contributed by atoms with Gasteiger partial charge in [0.2, 0.25) is 0 Å². The number of Topliss-reactive ketones (excluding diaryl/α,β-unsaturated/α-hetero) is 1. The molecule has 1 saturated carbocycles. The van der Waals surface area contributed by atoms with Gasteiger partial charge in [-0.05, 0) is 54.4 Å². The standard InChI is InChI=1S/C15H18O2/c1-17-13-5-7-15-11(9-13)3-2-10-8-12(16)4-6-14(10)15/h5,7,9-10,14H,2-4,6,8H2,1H3. The molecule has 0 bridgehead atoms. The van der Waals surface area contributed by atoms with Gasteiger partial charge in [-0.15, -0.1) is 0 Å². The van der Waals surface area contributed by atoms with Crippen molar-refractivity contribution in [1.82, 2.24) is 0 Å². The van der Waals surface area contributed by atoms with Crippen molar-refractivity contribution in [3.8, 4) is 5.75 Å². The van der Waals surface area contributed by atoms with Crippen LogP contribution in [0.2, 0.25) is 0 Å². The van der Waals surface area contributed by atoms with E-state index in [1.807, 2.05) is 0 Å². The molecule has 1 fully saturated rings. The molecule has 0 N–H and O–H groups in total. The van der Waals surface area contributed by atoms with E-state index in [-0.39, 0.29) is 0 Å². The topological polar surface area (TPSA) is 26.3 Å². The molecule has 90 valence electrons. The van der Waals surface area contributed by atoms with Crippen molar-refractivity contribution < 1.29 is 9.53 Å². The molecule has 1 aromatic rings. The minimum atomic E-state index is 0.461. The summed E-state index contributed by atoms with van der Waals surface area (Å²) in [6.45, 7) is 0. The first-order chi connectivity index (χ1) is 8.28. The van der Waals surface area contributed by atoms with E-state index in [1.165, 1.54) is 11.1 Å². The predicted octanol–water partition coefficient (Wildman–Crippen LogP) is 3.09. The number of fused-ring (bicyclic) bond motifs is 3. The van der Waals surface area contributed by atoms with Crippen LogP contribution in [0.25, 0.3) is 0 Å². The zero-order valence-electron chi connectivity index (χ0n) is 10.2. The summed E-state index contributed by atoms with van der Waals surface area (Å²) < 4.78 is 5.28. The second-order valence-corrected chi connectivity index (χ2v) is 5.25. The van der Waals surface area contributed by atoms with Gasteiger partial charge in [-0.2, -0.15) is 0 Å². The van der Waals surface area contributed by atoms with Gasteiger partial charge < -0.3 is 4.74 Å². The Kier molecular flexibility index (Phi) is 2.65. The van der Waals surface area contributed by atoms with E-state index >= 15 is 0 Å². The lowest BCUT2D eigenvalue weighted by Gasteiger charge is -2.36. The van der Waals surface area contributed by atoms with Gasteiger partial charge in [-0.3, -0.25) is 4.79 Å². The summed E-state index contributed by atoms with van der Waals surface area (Å²) in [5.74, 6) is 2.62. The van der Waals surface area contributed by atoms with E-state index in [0.29, 0.717) is 17.6 Å². The molecule has 0 aromatic heterocycles. The van der Waals surface area contributed by atoms with Crippen LogP contribution in [0, 0.1) is 5.92 Å². The van der Waals surface area contributed by atoms with Gasteiger partial charge in [0.25, 0.3) is 0 Å². The fourth-order valence-electron chi connectivity index (χ4n) is 3.43. The predicted molar refractivity (Wildman–Crippen MR) is 66.4 cm³/mol. The highest BCUT2D eigenvalue weighted by Gasteiger charge is 2.34. The van der Waals surface area contributed by atoms with Gasteiger partial charge >= 0.3 is 0 Å². The number of hydrogen-bond acceptors (Lipinski definition) is 2. The molecule has 0 saturated heterocycles. The van der Waals surface area contributed by atoms with Gasteiger partial charge in [0.1, 0.15) is 11.5 Å². The van der Waals surface area contributed by atoms with Crippen molar-refractivity contribution in [2.24, 2.45) is 5.92 Å². The number of carbonyl (C=O) groups excluding carboxylic acids is 1. The molecule has 2 unspecified atom stereocenters. The van der Waals surface area contributed by atoms with Crippen molar-refractivity contribution in [3.63, 3.8) is 0 Å². The molecule has 1 aromatic carbocycles. The molecule has 0 aliphatic heterocycles. The number of rotatable bonds is 1. The first-order valence-electron chi connectivity index (χ1n) is 6.46. The molecule has 0 radical (unpaired) electrons. The Hall–Kier alpha value is -1.31. The maximum absolute atomic E-state index is 11.5. The van der Waals surface area contributed by atoms with Crippen molar-refractivity contribution >= 4 is 5.78 Å². The normalized spacial score (nSPS) is 27.2. The van der Waals surface area contributed by atoms with Gasteiger partial charge in [0.15, 0.2) is 0 Å². The Labute approximate surface area is 102 Å². The molecular weight excluding hydrogens is 212 g/mol. The fraction of sp³-hybridized carbons (Fsp3) is 0.533. The molecular formula is C15H18O2. The molecule has 2 heteroatoms. The third kappa shape index (κ3) is 1.86. The van der Waals surface area contributed by atoms with Crippen LogP contribution in [0.1, 0.15) is 42.7 Å². The molecule has 0 heterocycles. The number of carbonyl (C=O) groups is 1. The van der Waals surface area contributed by atoms with Crippen LogP contribution >= 0.6 is 0 Å². The van der Waals surface area contributed by atoms with Crippen LogP contribution in [0.4, 0.5) is 0 Å². The Morgan fingerprint density at radius 1 is 1.24 bits per heavy atom. The summed E-state index contributed by atoms with van der Waals surface area (Å²) in [6, 6.07) is 6.43. The Bertz CT molecular complexity index is 450. The average molecular weight is 230 g/mol. The summed E-state index contributed by atoms with van der Waals surface area (Å²) in [6.07, 6.45) is 4.88. The summed E-state index contributed by atoms with van der Waals surface area (Å²) in [7, 11) is 1.71. The van der Waals surface area contributed by atoms with Gasteiger partial charge in [-0.25, -0.2) is 0 Å². The lowest BCUT2D eigenvalue weighted by atomic mass is 9.68. The smallest absolute Gasteiger partial charge is 0.133 e. The highest BCUT2D eigenvalue weighted by atomic mass is 16.5. The summed E-state index contributed by atoms with van der Waals surface area (Å²) in [5.41, 5.74) is 2.90. The zero-order valence-corrected chi connectivity index (χ0v) is 10.2. The van der Waals surface area contributed by atoms with Crippen LogP contribution in [0.15, 0.2) is 18.2 Å². The van der Waals surface area contributed by atoms with E-state index in [2.05, 4.69) is 18.2 Å². The monoisotopic (exact) mass is 230 g/mol. The van der Waals surface area contributed by atoms with Gasteiger partial charge in [0.05, 0.1) is 7.11 Å². The van der Waals surface area contributed by atoms with Crippen LogP contribution < -0.4 is 4.74 Å². The van der Waals surface area contributed by atoms with Crippen molar-refractivity contribution in [3.05, 3.63) is 29.3 Å². The Morgan fingerprint density at radius 3 is 2.94 bits per heavy atom. The maximum atomic E-state index is 11.5. The van der Waals surface area contributed by atoms with E-state index in [1.54, 1.807) is 7.11 Å². The largest absolute Gasteiger partial charge is 0.497 e. The van der Waals surface area contributed by atoms with Crippen molar-refractivity contribution in [2.45, 2.75) is 38.0 Å². The molecule has 2 nitrogen and oxygen atoms in total. The van der Waals surface area contributed by atoms with E-state index in [0.717, 1.165) is 37.9 Å². The molecule has 3 rings (SSSR count). The lowest BCUT2D eigenvalue weighted by Crippen LogP contribution is -2.28. The van der Waals surface area contributed by atoms with Gasteiger partial charge in [-0.1, -0.05) is 6.07 Å². The maximum Gasteiger partial charge on any atom is 0.133 e. The first kappa shape index (κ1) is 10.8. The second-order valence-electron chi connectivity index (χ2n) is 5.25. The average Bonchev–Trinajstić information content (AvgIpc) is 2.37. The SMILES string of the molecule is COc1ccc2c(c1)CCC1CC(=O)CCC21. The van der Waals surface area contributed by atoms with Crippen molar-refractivity contribution in [2.75, 3.05) is 7.11 Å². The molecule has 2 atom stereocenters. The minimum Gasteiger partial charge on any atom is -0.497 e. The van der Waals surface area contributed by atoms with Crippen LogP contribution in [-0.4, -0.2) is 12.9 Å². The first-order valence-corrected chi connectivity index (χ1v) is 6.46. The van der Waals surface area contributed by atoms with E-state index < -0.39 is 0 Å². The third-order valence-electron chi connectivity index (χ3n) is 4.33. The van der Waals surface area contributed by atoms with E-state index in [4.69, 9.17) is 4.74 Å². The number of methoxy groups -OCH3 is 1. The summed E-state index contributed by atoms with van der Waals surface area (Å²) >= 11 is 0. The molecule has 0 amide bonds. The quantitative estimate of drug-likeness (QED) is 0.741. The minimum absolute atomic E-state index is 0.461. The molecule has 17 heavy (non-hydrogen) atoms. The molecule has 2 aliphatic rings. The second kappa shape index (κ2) is 4.17. The van der Waals surface area contributed by atoms with E-state index in [9.17, 15) is 4.79 Å². The number of ketones is 1. The summed E-state index contributed by atoms with van der Waals surface area (Å²) in [5, 5.41) is 0. The Morgan fingerprint density at radius 2 is 2.12 bits per heavy atom. The van der Waals surface area contributed by atoms with Crippen molar-refractivity contribution in [1.29, 1.82) is 0 Å². The zero-order chi connectivity index (χ0) is 11.8.